The van der Waals surface area contributed by atoms with Gasteiger partial charge in [0.1, 0.15) is 18.0 Å². The molecule has 2 amide bonds. The van der Waals surface area contributed by atoms with Gasteiger partial charge in [-0.1, -0.05) is 11.6 Å². The number of ether oxygens (including phenoxy) is 3. The van der Waals surface area contributed by atoms with E-state index in [9.17, 15) is 9.59 Å². The van der Waals surface area contributed by atoms with E-state index >= 15 is 0 Å². The van der Waals surface area contributed by atoms with Gasteiger partial charge in [-0.15, -0.1) is 0 Å². The fraction of sp³-hybridized carbons (Fsp3) is 0.600. The van der Waals surface area contributed by atoms with Gasteiger partial charge in [0.15, 0.2) is 0 Å². The van der Waals surface area contributed by atoms with Gasteiger partial charge in [-0.05, 0) is 43.5 Å². The zero-order valence-electron chi connectivity index (χ0n) is 16.1. The van der Waals surface area contributed by atoms with Crippen molar-refractivity contribution in [2.24, 2.45) is 11.7 Å². The van der Waals surface area contributed by atoms with Gasteiger partial charge in [0.05, 0.1) is 19.6 Å². The van der Waals surface area contributed by atoms with Crippen molar-refractivity contribution in [2.45, 2.75) is 31.8 Å². The van der Waals surface area contributed by atoms with Crippen LogP contribution in [0.4, 0.5) is 0 Å². The number of morpholine rings is 1. The first-order chi connectivity index (χ1) is 13.4. The van der Waals surface area contributed by atoms with Crippen molar-refractivity contribution in [1.82, 2.24) is 4.90 Å². The van der Waals surface area contributed by atoms with Crippen LogP contribution in [0, 0.1) is 12.8 Å². The zero-order valence-corrected chi connectivity index (χ0v) is 16.9. The molecule has 0 radical (unpaired) electrons. The van der Waals surface area contributed by atoms with Gasteiger partial charge < -0.3 is 24.8 Å². The molecule has 2 aliphatic rings. The summed E-state index contributed by atoms with van der Waals surface area (Å²) in [4.78, 5) is 26.4. The van der Waals surface area contributed by atoms with E-state index in [-0.39, 0.29) is 31.4 Å². The maximum absolute atomic E-state index is 12.9. The minimum atomic E-state index is -0.960. The van der Waals surface area contributed by atoms with E-state index < -0.39 is 11.5 Å². The monoisotopic (exact) mass is 410 g/mol. The van der Waals surface area contributed by atoms with Gasteiger partial charge in [-0.25, -0.2) is 0 Å². The van der Waals surface area contributed by atoms with E-state index in [1.165, 1.54) is 0 Å². The molecule has 0 aromatic heterocycles. The molecule has 1 aromatic rings. The third kappa shape index (κ3) is 5.16. The second-order valence-electron chi connectivity index (χ2n) is 7.52. The van der Waals surface area contributed by atoms with Crippen molar-refractivity contribution in [1.29, 1.82) is 0 Å². The van der Waals surface area contributed by atoms with Crippen LogP contribution in [0.1, 0.15) is 24.8 Å². The van der Waals surface area contributed by atoms with Crippen LogP contribution in [0.5, 0.6) is 5.75 Å². The largest absolute Gasteiger partial charge is 0.490 e. The lowest BCUT2D eigenvalue weighted by Crippen LogP contribution is -2.59. The van der Waals surface area contributed by atoms with Gasteiger partial charge in [0.25, 0.3) is 0 Å². The van der Waals surface area contributed by atoms with E-state index in [2.05, 4.69) is 0 Å². The van der Waals surface area contributed by atoms with E-state index in [1.54, 1.807) is 17.0 Å². The number of halogens is 1. The summed E-state index contributed by atoms with van der Waals surface area (Å²) in [5, 5.41) is 0.654. The van der Waals surface area contributed by atoms with Crippen molar-refractivity contribution in [3.05, 3.63) is 28.8 Å². The number of aryl methyl sites for hydroxylation is 1. The lowest BCUT2D eigenvalue weighted by molar-refractivity contribution is -0.166. The van der Waals surface area contributed by atoms with Crippen LogP contribution >= 0.6 is 11.6 Å². The van der Waals surface area contributed by atoms with Gasteiger partial charge in [0, 0.05) is 30.7 Å². The third-order valence-electron chi connectivity index (χ3n) is 5.26. The van der Waals surface area contributed by atoms with Gasteiger partial charge in [-0.2, -0.15) is 0 Å². The number of benzene rings is 1. The average Bonchev–Trinajstić information content (AvgIpc) is 2.69. The standard InChI is InChI=1S/C20H27ClN2O5/c1-14-10-16(2-3-17(14)21)27-13-20(11-18(22)24)12-23(6-9-28-20)19(25)15-4-7-26-8-5-15/h2-3,10,15H,4-9,11-13H2,1H3,(H2,22,24)/t20-/m0/s1. The highest BCUT2D eigenvalue weighted by Crippen LogP contribution is 2.28. The summed E-state index contributed by atoms with van der Waals surface area (Å²) in [5.74, 6) is 0.180. The molecule has 154 valence electrons. The molecule has 2 aliphatic heterocycles. The Hall–Kier alpha value is -1.83. The summed E-state index contributed by atoms with van der Waals surface area (Å²) in [6, 6.07) is 5.35. The number of hydrogen-bond acceptors (Lipinski definition) is 5. The minimum absolute atomic E-state index is 0.0167. The van der Waals surface area contributed by atoms with Crippen LogP contribution < -0.4 is 10.5 Å². The Labute approximate surface area is 170 Å². The van der Waals surface area contributed by atoms with Crippen LogP contribution in [0.3, 0.4) is 0 Å². The van der Waals surface area contributed by atoms with E-state index in [0.29, 0.717) is 37.1 Å². The Morgan fingerprint density at radius 1 is 1.32 bits per heavy atom. The lowest BCUT2D eigenvalue weighted by Gasteiger charge is -2.43. The Bertz CT molecular complexity index is 723. The number of nitrogens with zero attached hydrogens (tertiary/aromatic N) is 1. The van der Waals surface area contributed by atoms with Crippen molar-refractivity contribution in [2.75, 3.05) is 39.5 Å². The van der Waals surface area contributed by atoms with Crippen LogP contribution in [-0.4, -0.2) is 61.8 Å². The summed E-state index contributed by atoms with van der Waals surface area (Å²) >= 11 is 6.06. The smallest absolute Gasteiger partial charge is 0.226 e. The summed E-state index contributed by atoms with van der Waals surface area (Å²) in [5.41, 5.74) is 5.41. The molecule has 0 aliphatic carbocycles. The second kappa shape index (κ2) is 9.11. The number of rotatable bonds is 6. The van der Waals surface area contributed by atoms with Crippen molar-refractivity contribution < 1.29 is 23.8 Å². The molecule has 28 heavy (non-hydrogen) atoms. The summed E-state index contributed by atoms with van der Waals surface area (Å²) in [7, 11) is 0. The van der Waals surface area contributed by atoms with Crippen molar-refractivity contribution >= 4 is 23.4 Å². The van der Waals surface area contributed by atoms with Crippen LogP contribution in [0.2, 0.25) is 5.02 Å². The maximum atomic E-state index is 12.9. The Kier molecular flexibility index (Phi) is 6.80. The molecule has 2 N–H and O–H groups in total. The predicted octanol–water partition coefficient (Wildman–Crippen LogP) is 1.93. The highest BCUT2D eigenvalue weighted by atomic mass is 35.5. The van der Waals surface area contributed by atoms with E-state index in [0.717, 1.165) is 18.4 Å². The Morgan fingerprint density at radius 2 is 2.07 bits per heavy atom. The number of hydrogen-bond donors (Lipinski definition) is 1. The molecule has 1 atom stereocenters. The number of nitrogens with two attached hydrogens (primary N) is 1. The van der Waals surface area contributed by atoms with Gasteiger partial charge in [-0.3, -0.25) is 9.59 Å². The van der Waals surface area contributed by atoms with Crippen LogP contribution in [-0.2, 0) is 19.1 Å². The fourth-order valence-electron chi connectivity index (χ4n) is 3.72. The molecule has 2 saturated heterocycles. The zero-order chi connectivity index (χ0) is 20.1. The summed E-state index contributed by atoms with van der Waals surface area (Å²) < 4.78 is 17.2. The van der Waals surface area contributed by atoms with Gasteiger partial charge >= 0.3 is 0 Å². The SMILES string of the molecule is Cc1cc(OC[C@]2(CC(N)=O)CN(C(=O)C3CCOCC3)CCO2)ccc1Cl. The first-order valence-corrected chi connectivity index (χ1v) is 9.94. The Morgan fingerprint density at radius 3 is 2.75 bits per heavy atom. The van der Waals surface area contributed by atoms with Crippen LogP contribution in [0.25, 0.3) is 0 Å². The molecule has 0 unspecified atom stereocenters. The number of carbonyl (C=O) groups is 2. The minimum Gasteiger partial charge on any atom is -0.490 e. The molecule has 2 heterocycles. The number of primary amides is 1. The third-order valence-corrected chi connectivity index (χ3v) is 5.68. The normalized spacial score (nSPS) is 23.4. The molecule has 3 rings (SSSR count). The molecule has 0 bridgehead atoms. The number of carbonyl (C=O) groups excluding carboxylic acids is 2. The topological polar surface area (TPSA) is 91.1 Å². The average molecular weight is 411 g/mol. The van der Waals surface area contributed by atoms with Crippen molar-refractivity contribution in [3.8, 4) is 5.75 Å². The lowest BCUT2D eigenvalue weighted by atomic mass is 9.94. The highest BCUT2D eigenvalue weighted by molar-refractivity contribution is 6.31. The molecule has 2 fully saturated rings. The Balaban J connectivity index is 1.71. The highest BCUT2D eigenvalue weighted by Gasteiger charge is 2.42. The van der Waals surface area contributed by atoms with Crippen molar-refractivity contribution in [3.63, 3.8) is 0 Å². The maximum Gasteiger partial charge on any atom is 0.226 e. The predicted molar refractivity (Wildman–Crippen MR) is 104 cm³/mol. The van der Waals surface area contributed by atoms with Crippen LogP contribution in [0.15, 0.2) is 18.2 Å². The first-order valence-electron chi connectivity index (χ1n) is 9.56. The fourth-order valence-corrected chi connectivity index (χ4v) is 3.84. The number of amides is 2. The summed E-state index contributed by atoms with van der Waals surface area (Å²) in [6.45, 7) is 4.33. The molecular weight excluding hydrogens is 384 g/mol. The molecule has 1 aromatic carbocycles. The van der Waals surface area contributed by atoms with E-state index in [4.69, 9.17) is 31.5 Å². The second-order valence-corrected chi connectivity index (χ2v) is 7.93. The molecule has 7 nitrogen and oxygen atoms in total. The molecule has 8 heteroatoms. The van der Waals surface area contributed by atoms with E-state index in [1.807, 2.05) is 13.0 Å². The molecular formula is C20H27ClN2O5. The molecule has 0 saturated carbocycles. The first kappa shape index (κ1) is 20.9. The summed E-state index contributed by atoms with van der Waals surface area (Å²) in [6.07, 6.45) is 1.43. The molecule has 0 spiro atoms. The quantitative estimate of drug-likeness (QED) is 0.773. The van der Waals surface area contributed by atoms with Gasteiger partial charge in [0.2, 0.25) is 11.8 Å².